The molecule has 1 nitrogen and oxygen atoms in total. The fourth-order valence-electron chi connectivity index (χ4n) is 0.970. The van der Waals surface area contributed by atoms with Crippen LogP contribution in [0, 0.1) is 0 Å². The number of hydrogen-bond donors (Lipinski definition) is 1. The fraction of sp³-hybridized carbons (Fsp3) is 0.250. The van der Waals surface area contributed by atoms with Gasteiger partial charge in [0.05, 0.1) is 16.3 Å². The van der Waals surface area contributed by atoms with Crippen molar-refractivity contribution in [2.45, 2.75) is 12.1 Å². The molecule has 0 unspecified atom stereocenters. The molecule has 0 aliphatic heterocycles. The van der Waals surface area contributed by atoms with E-state index in [1.807, 2.05) is 0 Å². The molecule has 6 heteroatoms. The summed E-state index contributed by atoms with van der Waals surface area (Å²) in [4.78, 5) is 0. The molecule has 0 saturated carbocycles. The topological polar surface area (TPSA) is 26.0 Å². The van der Waals surface area contributed by atoms with E-state index in [9.17, 15) is 13.2 Å². The molecule has 2 N–H and O–H groups in total. The van der Waals surface area contributed by atoms with E-state index < -0.39 is 11.7 Å². The molecule has 0 radical (unpaired) electrons. The van der Waals surface area contributed by atoms with Gasteiger partial charge in [-0.25, -0.2) is 0 Å². The lowest BCUT2D eigenvalue weighted by molar-refractivity contribution is -0.137. The molecule has 0 aromatic heterocycles. The van der Waals surface area contributed by atoms with Gasteiger partial charge in [0.2, 0.25) is 0 Å². The number of alkyl halides is 4. The van der Waals surface area contributed by atoms with Crippen molar-refractivity contribution < 1.29 is 13.2 Å². The third kappa shape index (κ3) is 2.25. The highest BCUT2D eigenvalue weighted by atomic mass is 35.5. The molecule has 0 fully saturated rings. The second-order valence-electron chi connectivity index (χ2n) is 2.67. The molecule has 1 aromatic carbocycles. The van der Waals surface area contributed by atoms with E-state index in [0.717, 1.165) is 12.1 Å². The minimum Gasteiger partial charge on any atom is -0.398 e. The van der Waals surface area contributed by atoms with Crippen molar-refractivity contribution in [1.82, 2.24) is 0 Å². The molecule has 0 amide bonds. The van der Waals surface area contributed by atoms with Crippen molar-refractivity contribution in [2.24, 2.45) is 0 Å². The van der Waals surface area contributed by atoms with Crippen LogP contribution in [0.3, 0.4) is 0 Å². The monoisotopic (exact) mass is 243 g/mol. The lowest BCUT2D eigenvalue weighted by Crippen LogP contribution is -2.07. The molecule has 0 bridgehead atoms. The van der Waals surface area contributed by atoms with Crippen LogP contribution in [0.25, 0.3) is 0 Å². The van der Waals surface area contributed by atoms with Gasteiger partial charge in [-0.3, -0.25) is 0 Å². The van der Waals surface area contributed by atoms with Crippen LogP contribution in [0.1, 0.15) is 11.1 Å². The average molecular weight is 244 g/mol. The quantitative estimate of drug-likeness (QED) is 0.591. The van der Waals surface area contributed by atoms with Crippen LogP contribution in [0.4, 0.5) is 18.9 Å². The normalized spacial score (nSPS) is 11.8. The van der Waals surface area contributed by atoms with E-state index in [0.29, 0.717) is 0 Å². The van der Waals surface area contributed by atoms with Crippen LogP contribution in [0.2, 0.25) is 5.02 Å². The Morgan fingerprint density at radius 1 is 1.29 bits per heavy atom. The summed E-state index contributed by atoms with van der Waals surface area (Å²) in [5.41, 5.74) is 4.53. The van der Waals surface area contributed by atoms with Gasteiger partial charge in [0.25, 0.3) is 0 Å². The van der Waals surface area contributed by atoms with Gasteiger partial charge in [-0.1, -0.05) is 11.6 Å². The van der Waals surface area contributed by atoms with Crippen molar-refractivity contribution in [3.8, 4) is 0 Å². The Hall–Kier alpha value is -0.610. The predicted octanol–water partition coefficient (Wildman–Crippen LogP) is 3.68. The smallest absolute Gasteiger partial charge is 0.398 e. The zero-order chi connectivity index (χ0) is 10.9. The maximum absolute atomic E-state index is 12.3. The first-order valence-corrected chi connectivity index (χ1v) is 4.48. The lowest BCUT2D eigenvalue weighted by Gasteiger charge is -2.11. The van der Waals surface area contributed by atoms with Crippen molar-refractivity contribution in [3.05, 3.63) is 28.3 Å². The molecule has 14 heavy (non-hydrogen) atoms. The summed E-state index contributed by atoms with van der Waals surface area (Å²) in [5.74, 6) is -0.104. The second kappa shape index (κ2) is 3.87. The molecule has 0 spiro atoms. The zero-order valence-electron chi connectivity index (χ0n) is 6.83. The predicted molar refractivity (Wildman–Crippen MR) is 50.4 cm³/mol. The van der Waals surface area contributed by atoms with Crippen molar-refractivity contribution in [3.63, 3.8) is 0 Å². The Bertz CT molecular complexity index is 349. The Kier molecular flexibility index (Phi) is 3.17. The maximum Gasteiger partial charge on any atom is 0.416 e. The summed E-state index contributed by atoms with van der Waals surface area (Å²) in [6.45, 7) is 0. The second-order valence-corrected chi connectivity index (χ2v) is 3.32. The van der Waals surface area contributed by atoms with E-state index in [-0.39, 0.29) is 22.2 Å². The number of benzene rings is 1. The number of nitrogen functional groups attached to an aromatic ring is 1. The molecule has 0 atom stereocenters. The third-order valence-corrected chi connectivity index (χ3v) is 2.40. The van der Waals surface area contributed by atoms with E-state index in [4.69, 9.17) is 28.9 Å². The number of halogens is 5. The Labute approximate surface area is 88.6 Å². The number of anilines is 1. The SMILES string of the molecule is Nc1cc(C(F)(F)F)cc(CCl)c1Cl. The third-order valence-electron chi connectivity index (χ3n) is 1.65. The molecule has 1 aromatic rings. The number of rotatable bonds is 1. The fourth-order valence-corrected chi connectivity index (χ4v) is 1.43. The van der Waals surface area contributed by atoms with Gasteiger partial charge in [0.1, 0.15) is 0 Å². The standard InChI is InChI=1S/C8H6Cl2F3N/c9-3-4-1-5(8(11,12)13)2-6(14)7(4)10/h1-2H,3,14H2. The highest BCUT2D eigenvalue weighted by Crippen LogP contribution is 2.35. The Morgan fingerprint density at radius 2 is 1.86 bits per heavy atom. The van der Waals surface area contributed by atoms with Crippen LogP contribution in [-0.2, 0) is 12.1 Å². The van der Waals surface area contributed by atoms with Gasteiger partial charge in [0.15, 0.2) is 0 Å². The highest BCUT2D eigenvalue weighted by molar-refractivity contribution is 6.34. The summed E-state index contributed by atoms with van der Waals surface area (Å²) in [6.07, 6.45) is -4.43. The minimum atomic E-state index is -4.43. The minimum absolute atomic E-state index is 0.0769. The zero-order valence-corrected chi connectivity index (χ0v) is 8.34. The number of hydrogen-bond acceptors (Lipinski definition) is 1. The summed E-state index contributed by atoms with van der Waals surface area (Å²) in [7, 11) is 0. The van der Waals surface area contributed by atoms with Crippen LogP contribution in [-0.4, -0.2) is 0 Å². The van der Waals surface area contributed by atoms with Gasteiger partial charge >= 0.3 is 6.18 Å². The molecule has 0 aliphatic rings. The lowest BCUT2D eigenvalue weighted by atomic mass is 10.1. The first-order valence-electron chi connectivity index (χ1n) is 3.57. The van der Waals surface area contributed by atoms with Crippen LogP contribution in [0.5, 0.6) is 0 Å². The van der Waals surface area contributed by atoms with Gasteiger partial charge in [-0.05, 0) is 17.7 Å². The largest absolute Gasteiger partial charge is 0.416 e. The molecule has 0 aliphatic carbocycles. The van der Waals surface area contributed by atoms with E-state index in [1.165, 1.54) is 0 Å². The van der Waals surface area contributed by atoms with Gasteiger partial charge in [-0.2, -0.15) is 13.2 Å². The Morgan fingerprint density at radius 3 is 2.29 bits per heavy atom. The summed E-state index contributed by atoms with van der Waals surface area (Å²) in [5, 5.41) is 0.0769. The molecular formula is C8H6Cl2F3N. The van der Waals surface area contributed by atoms with E-state index in [2.05, 4.69) is 0 Å². The van der Waals surface area contributed by atoms with Gasteiger partial charge in [-0.15, -0.1) is 11.6 Å². The van der Waals surface area contributed by atoms with Crippen molar-refractivity contribution >= 4 is 28.9 Å². The van der Waals surface area contributed by atoms with Crippen LogP contribution >= 0.6 is 23.2 Å². The highest BCUT2D eigenvalue weighted by Gasteiger charge is 2.31. The van der Waals surface area contributed by atoms with E-state index in [1.54, 1.807) is 0 Å². The van der Waals surface area contributed by atoms with Crippen LogP contribution < -0.4 is 5.73 Å². The van der Waals surface area contributed by atoms with E-state index >= 15 is 0 Å². The average Bonchev–Trinajstić information content (AvgIpc) is 2.07. The molecular weight excluding hydrogens is 238 g/mol. The Balaban J connectivity index is 3.30. The maximum atomic E-state index is 12.3. The molecule has 0 heterocycles. The summed E-state index contributed by atoms with van der Waals surface area (Å²) in [6, 6.07) is 1.68. The summed E-state index contributed by atoms with van der Waals surface area (Å²) >= 11 is 11.1. The molecule has 78 valence electrons. The van der Waals surface area contributed by atoms with Crippen LogP contribution in [0.15, 0.2) is 12.1 Å². The molecule has 0 saturated heterocycles. The van der Waals surface area contributed by atoms with Gasteiger partial charge in [0, 0.05) is 5.88 Å². The van der Waals surface area contributed by atoms with Gasteiger partial charge < -0.3 is 5.73 Å². The first-order chi connectivity index (χ1) is 6.36. The van der Waals surface area contributed by atoms with Crippen molar-refractivity contribution in [2.75, 3.05) is 5.73 Å². The first kappa shape index (κ1) is 11.5. The number of nitrogens with two attached hydrogens (primary N) is 1. The molecule has 1 rings (SSSR count). The summed E-state index contributed by atoms with van der Waals surface area (Å²) < 4.78 is 36.8. The van der Waals surface area contributed by atoms with Crippen molar-refractivity contribution in [1.29, 1.82) is 0 Å².